The van der Waals surface area contributed by atoms with Gasteiger partial charge in [0.2, 0.25) is 11.8 Å². The van der Waals surface area contributed by atoms with E-state index in [1.807, 2.05) is 100 Å². The molecular formula is C37H43N3O4S. The summed E-state index contributed by atoms with van der Waals surface area (Å²) in [5, 5.41) is 3.02. The van der Waals surface area contributed by atoms with Crippen LogP contribution < -0.4 is 9.62 Å². The van der Waals surface area contributed by atoms with E-state index in [-0.39, 0.29) is 29.7 Å². The summed E-state index contributed by atoms with van der Waals surface area (Å²) in [6.45, 7) is 7.99. The average Bonchev–Trinajstić information content (AvgIpc) is 3.05. The topological polar surface area (TPSA) is 86.8 Å². The quantitative estimate of drug-likeness (QED) is 0.182. The Morgan fingerprint density at radius 1 is 0.778 bits per heavy atom. The highest BCUT2D eigenvalue weighted by Crippen LogP contribution is 2.28. The van der Waals surface area contributed by atoms with Gasteiger partial charge in [-0.1, -0.05) is 117 Å². The molecule has 4 aromatic rings. The number of carbonyl (C=O) groups excluding carboxylic acids is 2. The van der Waals surface area contributed by atoms with Crippen LogP contribution in [-0.2, 0) is 39.0 Å². The average molecular weight is 626 g/mol. The molecule has 0 saturated carbocycles. The largest absolute Gasteiger partial charge is 0.354 e. The highest BCUT2D eigenvalue weighted by Gasteiger charge is 2.35. The van der Waals surface area contributed by atoms with Gasteiger partial charge in [-0.2, -0.15) is 0 Å². The standard InChI is InChI=1S/C37H43N3O4S/c1-5-32-18-12-13-19-34(32)40(45(43,44)33-22-20-29(4)21-23-33)27-36(41)39(26-31-16-10-7-11-17-31)35(37(42)38-25-28(2)3)24-30-14-8-6-9-15-30/h6-23,28,35H,5,24-27H2,1-4H3,(H,38,42). The molecule has 1 unspecified atom stereocenters. The fourth-order valence-corrected chi connectivity index (χ4v) is 6.61. The van der Waals surface area contributed by atoms with Crippen LogP contribution in [0.4, 0.5) is 5.69 Å². The van der Waals surface area contributed by atoms with Gasteiger partial charge < -0.3 is 10.2 Å². The first-order chi connectivity index (χ1) is 21.6. The van der Waals surface area contributed by atoms with E-state index in [0.29, 0.717) is 18.7 Å². The highest BCUT2D eigenvalue weighted by molar-refractivity contribution is 7.92. The number of nitrogens with one attached hydrogen (secondary N) is 1. The van der Waals surface area contributed by atoms with Crippen molar-refractivity contribution in [2.45, 2.75) is 58.0 Å². The number of benzene rings is 4. The van der Waals surface area contributed by atoms with Crippen molar-refractivity contribution in [1.29, 1.82) is 0 Å². The van der Waals surface area contributed by atoms with E-state index in [9.17, 15) is 18.0 Å². The molecule has 2 amide bonds. The summed E-state index contributed by atoms with van der Waals surface area (Å²) in [4.78, 5) is 30.1. The third kappa shape index (κ3) is 8.82. The van der Waals surface area contributed by atoms with Gasteiger partial charge in [-0.15, -0.1) is 0 Å². The number of aryl methyl sites for hydroxylation is 2. The van der Waals surface area contributed by atoms with Gasteiger partial charge in [0.15, 0.2) is 0 Å². The fourth-order valence-electron chi connectivity index (χ4n) is 5.16. The summed E-state index contributed by atoms with van der Waals surface area (Å²) in [5.74, 6) is -0.537. The summed E-state index contributed by atoms with van der Waals surface area (Å²) < 4.78 is 29.8. The number of hydrogen-bond donors (Lipinski definition) is 1. The number of nitrogens with zero attached hydrogens (tertiary/aromatic N) is 2. The van der Waals surface area contributed by atoms with Gasteiger partial charge in [0.25, 0.3) is 10.0 Å². The lowest BCUT2D eigenvalue weighted by Crippen LogP contribution is -2.53. The SMILES string of the molecule is CCc1ccccc1N(CC(=O)N(Cc1ccccc1)C(Cc1ccccc1)C(=O)NCC(C)C)S(=O)(=O)c1ccc(C)cc1. The molecule has 0 aliphatic rings. The second-order valence-corrected chi connectivity index (χ2v) is 13.5. The third-order valence-electron chi connectivity index (χ3n) is 7.68. The number of rotatable bonds is 14. The molecule has 0 radical (unpaired) electrons. The molecule has 0 fully saturated rings. The zero-order valence-electron chi connectivity index (χ0n) is 26.5. The summed E-state index contributed by atoms with van der Waals surface area (Å²) in [6.07, 6.45) is 0.853. The Bertz CT molecular complexity index is 1660. The maximum Gasteiger partial charge on any atom is 0.264 e. The van der Waals surface area contributed by atoms with Crippen LogP contribution in [0.3, 0.4) is 0 Å². The second-order valence-electron chi connectivity index (χ2n) is 11.7. The lowest BCUT2D eigenvalue weighted by atomic mass is 10.0. The predicted octanol–water partition coefficient (Wildman–Crippen LogP) is 6.17. The number of anilines is 1. The van der Waals surface area contributed by atoms with E-state index in [1.165, 1.54) is 9.21 Å². The minimum atomic E-state index is -4.15. The number of carbonyl (C=O) groups is 2. The van der Waals surface area contributed by atoms with E-state index < -0.39 is 28.5 Å². The first-order valence-electron chi connectivity index (χ1n) is 15.4. The lowest BCUT2D eigenvalue weighted by molar-refractivity contribution is -0.140. The minimum absolute atomic E-state index is 0.0944. The van der Waals surface area contributed by atoms with E-state index in [4.69, 9.17) is 0 Å². The predicted molar refractivity (Wildman–Crippen MR) is 180 cm³/mol. The molecule has 4 aromatic carbocycles. The smallest absolute Gasteiger partial charge is 0.264 e. The molecule has 45 heavy (non-hydrogen) atoms. The Labute approximate surface area is 268 Å². The van der Waals surface area contributed by atoms with Crippen molar-refractivity contribution in [3.8, 4) is 0 Å². The van der Waals surface area contributed by atoms with Crippen molar-refractivity contribution < 1.29 is 18.0 Å². The summed E-state index contributed by atoms with van der Waals surface area (Å²) in [6, 6.07) is 32.0. The Morgan fingerprint density at radius 3 is 1.96 bits per heavy atom. The number of sulfonamides is 1. The molecule has 0 aliphatic carbocycles. The molecule has 1 atom stereocenters. The van der Waals surface area contributed by atoms with Crippen LogP contribution in [0.25, 0.3) is 0 Å². The monoisotopic (exact) mass is 625 g/mol. The first kappa shape index (κ1) is 33.5. The molecule has 0 aromatic heterocycles. The Hall–Kier alpha value is -4.43. The molecule has 4 rings (SSSR count). The Morgan fingerprint density at radius 2 is 1.36 bits per heavy atom. The maximum atomic E-state index is 14.6. The number of para-hydroxylation sites is 1. The summed E-state index contributed by atoms with van der Waals surface area (Å²) in [7, 11) is -4.15. The van der Waals surface area contributed by atoms with Gasteiger partial charge in [0, 0.05) is 19.5 Å². The van der Waals surface area contributed by atoms with Crippen LogP contribution in [0.2, 0.25) is 0 Å². The van der Waals surface area contributed by atoms with Gasteiger partial charge in [-0.3, -0.25) is 13.9 Å². The van der Waals surface area contributed by atoms with Crippen LogP contribution in [0.15, 0.2) is 114 Å². The highest BCUT2D eigenvalue weighted by atomic mass is 32.2. The summed E-state index contributed by atoms with van der Waals surface area (Å²) in [5.41, 5.74) is 3.90. The van der Waals surface area contributed by atoms with E-state index in [2.05, 4.69) is 5.32 Å². The van der Waals surface area contributed by atoms with Crippen molar-refractivity contribution in [3.63, 3.8) is 0 Å². The number of hydrogen-bond acceptors (Lipinski definition) is 4. The lowest BCUT2D eigenvalue weighted by Gasteiger charge is -2.34. The second kappa shape index (κ2) is 15.5. The van der Waals surface area contributed by atoms with Gasteiger partial charge >= 0.3 is 0 Å². The van der Waals surface area contributed by atoms with Crippen molar-refractivity contribution in [2.24, 2.45) is 5.92 Å². The van der Waals surface area contributed by atoms with Crippen LogP contribution in [0.5, 0.6) is 0 Å². The van der Waals surface area contributed by atoms with Gasteiger partial charge in [0.05, 0.1) is 10.6 Å². The van der Waals surface area contributed by atoms with Crippen molar-refractivity contribution in [3.05, 3.63) is 131 Å². The van der Waals surface area contributed by atoms with Crippen LogP contribution in [0, 0.1) is 12.8 Å². The molecule has 0 saturated heterocycles. The molecule has 1 N–H and O–H groups in total. The van der Waals surface area contributed by atoms with E-state index >= 15 is 0 Å². The normalized spacial score (nSPS) is 12.0. The van der Waals surface area contributed by atoms with Crippen LogP contribution in [0.1, 0.15) is 43.0 Å². The van der Waals surface area contributed by atoms with Gasteiger partial charge in [0.1, 0.15) is 12.6 Å². The van der Waals surface area contributed by atoms with Crippen molar-refractivity contribution in [1.82, 2.24) is 10.2 Å². The third-order valence-corrected chi connectivity index (χ3v) is 9.45. The van der Waals surface area contributed by atoms with Crippen LogP contribution >= 0.6 is 0 Å². The van der Waals surface area contributed by atoms with Crippen LogP contribution in [-0.4, -0.2) is 44.3 Å². The summed E-state index contributed by atoms with van der Waals surface area (Å²) >= 11 is 0. The molecule has 0 spiro atoms. The maximum absolute atomic E-state index is 14.6. The molecular weight excluding hydrogens is 582 g/mol. The molecule has 0 aliphatic heterocycles. The van der Waals surface area contributed by atoms with E-state index in [1.54, 1.807) is 36.4 Å². The molecule has 236 valence electrons. The first-order valence-corrected chi connectivity index (χ1v) is 16.9. The molecule has 7 nitrogen and oxygen atoms in total. The van der Waals surface area contributed by atoms with Gasteiger partial charge in [-0.25, -0.2) is 8.42 Å². The minimum Gasteiger partial charge on any atom is -0.354 e. The molecule has 0 heterocycles. The molecule has 0 bridgehead atoms. The fraction of sp³-hybridized carbons (Fsp3) is 0.297. The van der Waals surface area contributed by atoms with E-state index in [0.717, 1.165) is 22.3 Å². The zero-order valence-corrected chi connectivity index (χ0v) is 27.3. The van der Waals surface area contributed by atoms with Gasteiger partial charge in [-0.05, 0) is 54.2 Å². The number of amides is 2. The van der Waals surface area contributed by atoms with Crippen molar-refractivity contribution in [2.75, 3.05) is 17.4 Å². The van der Waals surface area contributed by atoms with Crippen molar-refractivity contribution >= 4 is 27.5 Å². The Balaban J connectivity index is 1.81. The zero-order chi connectivity index (χ0) is 32.4. The molecule has 8 heteroatoms. The Kier molecular flexibility index (Phi) is 11.5.